The molecule has 106 valence electrons. The van der Waals surface area contributed by atoms with Gasteiger partial charge in [-0.3, -0.25) is 4.79 Å². The number of alkyl halides is 3. The van der Waals surface area contributed by atoms with Gasteiger partial charge in [0, 0.05) is 13.1 Å². The third kappa shape index (κ3) is 2.48. The van der Waals surface area contributed by atoms with Gasteiger partial charge in [-0.25, -0.2) is 0 Å². The minimum absolute atomic E-state index is 0.128. The van der Waals surface area contributed by atoms with Crippen molar-refractivity contribution >= 4 is 5.91 Å². The van der Waals surface area contributed by atoms with E-state index in [-0.39, 0.29) is 5.41 Å². The Labute approximate surface area is 106 Å². The molecule has 0 aromatic heterocycles. The maximum atomic E-state index is 12.7. The van der Waals surface area contributed by atoms with Gasteiger partial charge in [-0.1, -0.05) is 20.8 Å². The number of carbonyl (C=O) groups is 1. The van der Waals surface area contributed by atoms with E-state index in [4.69, 9.17) is 5.73 Å². The summed E-state index contributed by atoms with van der Waals surface area (Å²) in [6.45, 7) is 7.44. The first-order valence-corrected chi connectivity index (χ1v) is 6.07. The van der Waals surface area contributed by atoms with Crippen LogP contribution in [0.1, 0.15) is 34.1 Å². The van der Waals surface area contributed by atoms with Crippen molar-refractivity contribution in [2.24, 2.45) is 17.1 Å². The first-order valence-electron chi connectivity index (χ1n) is 6.07. The molecule has 2 N–H and O–H groups in total. The lowest BCUT2D eigenvalue weighted by Gasteiger charge is -2.33. The van der Waals surface area contributed by atoms with Gasteiger partial charge in [-0.05, 0) is 24.7 Å². The highest BCUT2D eigenvalue weighted by atomic mass is 19.4. The molecular weight excluding hydrogens is 245 g/mol. The molecule has 3 nitrogen and oxygen atoms in total. The quantitative estimate of drug-likeness (QED) is 0.832. The molecule has 1 rings (SSSR count). The Morgan fingerprint density at radius 2 is 1.89 bits per heavy atom. The zero-order valence-corrected chi connectivity index (χ0v) is 11.3. The monoisotopic (exact) mass is 266 g/mol. The van der Waals surface area contributed by atoms with Crippen LogP contribution in [0, 0.1) is 11.3 Å². The van der Waals surface area contributed by atoms with Crippen LogP contribution in [0.4, 0.5) is 13.2 Å². The molecule has 18 heavy (non-hydrogen) atoms. The number of nitrogens with two attached hydrogens (primary N) is 1. The second-order valence-electron chi connectivity index (χ2n) is 5.99. The molecule has 0 bridgehead atoms. The molecule has 2 atom stereocenters. The molecule has 0 aliphatic carbocycles. The number of rotatable bonds is 2. The van der Waals surface area contributed by atoms with Crippen molar-refractivity contribution in [1.82, 2.24) is 4.90 Å². The predicted octanol–water partition coefficient (Wildman–Crippen LogP) is 2.16. The summed E-state index contributed by atoms with van der Waals surface area (Å²) >= 11 is 0. The molecule has 1 aliphatic heterocycles. The van der Waals surface area contributed by atoms with Gasteiger partial charge in [0.25, 0.3) is 5.91 Å². The molecule has 0 aromatic carbocycles. The van der Waals surface area contributed by atoms with Crippen LogP contribution in [-0.2, 0) is 4.79 Å². The SMILES string of the molecule is CC(C)[C@@]1(C)CCN(C(=O)[C@@](C)(N)C(F)(F)F)C1. The van der Waals surface area contributed by atoms with Crippen LogP contribution >= 0.6 is 0 Å². The van der Waals surface area contributed by atoms with E-state index >= 15 is 0 Å². The Morgan fingerprint density at radius 3 is 2.22 bits per heavy atom. The molecular formula is C12H21F3N2O. The number of hydrogen-bond acceptors (Lipinski definition) is 2. The molecule has 0 saturated carbocycles. The lowest BCUT2D eigenvalue weighted by molar-refractivity contribution is -0.193. The van der Waals surface area contributed by atoms with Gasteiger partial charge in [0.05, 0.1) is 0 Å². The maximum absolute atomic E-state index is 12.7. The molecule has 0 aromatic rings. The zero-order chi connectivity index (χ0) is 14.4. The van der Waals surface area contributed by atoms with Gasteiger partial charge in [0.15, 0.2) is 5.54 Å². The smallest absolute Gasteiger partial charge is 0.340 e. The first-order chi connectivity index (χ1) is 7.92. The molecule has 0 radical (unpaired) electrons. The number of carbonyl (C=O) groups excluding carboxylic acids is 1. The average molecular weight is 266 g/mol. The summed E-state index contributed by atoms with van der Waals surface area (Å²) in [6.07, 6.45) is -4.01. The molecule has 6 heteroatoms. The molecule has 1 amide bonds. The van der Waals surface area contributed by atoms with Crippen molar-refractivity contribution in [1.29, 1.82) is 0 Å². The van der Waals surface area contributed by atoms with Crippen LogP contribution in [0.3, 0.4) is 0 Å². The highest BCUT2D eigenvalue weighted by Crippen LogP contribution is 2.39. The van der Waals surface area contributed by atoms with E-state index in [1.807, 2.05) is 20.8 Å². The summed E-state index contributed by atoms with van der Waals surface area (Å²) < 4.78 is 38.1. The Balaban J connectivity index is 2.84. The molecule has 0 unspecified atom stereocenters. The van der Waals surface area contributed by atoms with Crippen molar-refractivity contribution in [2.75, 3.05) is 13.1 Å². The Kier molecular flexibility index (Phi) is 3.74. The van der Waals surface area contributed by atoms with Gasteiger partial charge < -0.3 is 10.6 Å². The molecule has 1 fully saturated rings. The van der Waals surface area contributed by atoms with Crippen molar-refractivity contribution in [3.05, 3.63) is 0 Å². The average Bonchev–Trinajstić information content (AvgIpc) is 2.59. The first kappa shape index (κ1) is 15.3. The maximum Gasteiger partial charge on any atom is 0.415 e. The van der Waals surface area contributed by atoms with E-state index in [1.54, 1.807) is 0 Å². The number of hydrogen-bond donors (Lipinski definition) is 1. The summed E-state index contributed by atoms with van der Waals surface area (Å²) in [6, 6.07) is 0. The lowest BCUT2D eigenvalue weighted by atomic mass is 9.78. The third-order valence-corrected chi connectivity index (χ3v) is 4.22. The van der Waals surface area contributed by atoms with E-state index in [2.05, 4.69) is 0 Å². The number of halogens is 3. The standard InChI is InChI=1S/C12H21F3N2O/c1-8(2)10(3)5-6-17(7-10)9(18)11(4,16)12(13,14)15/h8H,5-7,16H2,1-4H3/t10-,11+/m0/s1. The fraction of sp³-hybridized carbons (Fsp3) is 0.917. The number of amides is 1. The van der Waals surface area contributed by atoms with Crippen LogP contribution in [0.15, 0.2) is 0 Å². The number of likely N-dealkylation sites (tertiary alicyclic amines) is 1. The highest BCUT2D eigenvalue weighted by molar-refractivity contribution is 5.87. The fourth-order valence-corrected chi connectivity index (χ4v) is 2.08. The van der Waals surface area contributed by atoms with Gasteiger partial charge >= 0.3 is 6.18 Å². The van der Waals surface area contributed by atoms with E-state index < -0.39 is 17.6 Å². The molecule has 1 aliphatic rings. The minimum Gasteiger partial charge on any atom is -0.340 e. The highest BCUT2D eigenvalue weighted by Gasteiger charge is 2.56. The third-order valence-electron chi connectivity index (χ3n) is 4.22. The second kappa shape index (κ2) is 4.40. The van der Waals surface area contributed by atoms with E-state index in [0.29, 0.717) is 25.4 Å². The van der Waals surface area contributed by atoms with Crippen LogP contribution in [-0.4, -0.2) is 35.6 Å². The van der Waals surface area contributed by atoms with Crippen molar-refractivity contribution < 1.29 is 18.0 Å². The summed E-state index contributed by atoms with van der Waals surface area (Å²) in [5.74, 6) is -0.718. The van der Waals surface area contributed by atoms with Crippen LogP contribution < -0.4 is 5.73 Å². The van der Waals surface area contributed by atoms with Gasteiger partial charge in [0.2, 0.25) is 0 Å². The van der Waals surface area contributed by atoms with Crippen LogP contribution in [0.5, 0.6) is 0 Å². The van der Waals surface area contributed by atoms with Gasteiger partial charge in [-0.2, -0.15) is 13.2 Å². The summed E-state index contributed by atoms with van der Waals surface area (Å²) in [5, 5.41) is 0. The fourth-order valence-electron chi connectivity index (χ4n) is 2.08. The Bertz CT molecular complexity index is 339. The largest absolute Gasteiger partial charge is 0.415 e. The zero-order valence-electron chi connectivity index (χ0n) is 11.3. The second-order valence-corrected chi connectivity index (χ2v) is 5.99. The normalized spacial score (nSPS) is 28.6. The van der Waals surface area contributed by atoms with Crippen molar-refractivity contribution in [3.63, 3.8) is 0 Å². The summed E-state index contributed by atoms with van der Waals surface area (Å²) in [4.78, 5) is 13.1. The van der Waals surface area contributed by atoms with Gasteiger partial charge in [0.1, 0.15) is 0 Å². The van der Waals surface area contributed by atoms with Crippen molar-refractivity contribution in [2.45, 2.75) is 45.8 Å². The van der Waals surface area contributed by atoms with Crippen LogP contribution in [0.25, 0.3) is 0 Å². The van der Waals surface area contributed by atoms with Crippen LogP contribution in [0.2, 0.25) is 0 Å². The van der Waals surface area contributed by atoms with Gasteiger partial charge in [-0.15, -0.1) is 0 Å². The molecule has 0 spiro atoms. The Hall–Kier alpha value is -0.780. The Morgan fingerprint density at radius 1 is 1.39 bits per heavy atom. The van der Waals surface area contributed by atoms with E-state index in [0.717, 1.165) is 6.92 Å². The minimum atomic E-state index is -4.72. The molecule has 1 heterocycles. The lowest BCUT2D eigenvalue weighted by Crippen LogP contribution is -2.62. The summed E-state index contributed by atoms with van der Waals surface area (Å²) in [7, 11) is 0. The molecule has 1 saturated heterocycles. The van der Waals surface area contributed by atoms with E-state index in [1.165, 1.54) is 4.90 Å². The summed E-state index contributed by atoms with van der Waals surface area (Å²) in [5.41, 5.74) is 2.24. The predicted molar refractivity (Wildman–Crippen MR) is 62.8 cm³/mol. The number of nitrogens with zero attached hydrogens (tertiary/aromatic N) is 1. The topological polar surface area (TPSA) is 46.3 Å². The van der Waals surface area contributed by atoms with Crippen molar-refractivity contribution in [3.8, 4) is 0 Å². The van der Waals surface area contributed by atoms with E-state index in [9.17, 15) is 18.0 Å².